The van der Waals surface area contributed by atoms with Gasteiger partial charge in [0.1, 0.15) is 5.75 Å². The summed E-state index contributed by atoms with van der Waals surface area (Å²) in [6, 6.07) is 4.47. The molecule has 2 saturated heterocycles. The van der Waals surface area contributed by atoms with Crippen LogP contribution in [0.5, 0.6) is 5.75 Å². The molecule has 0 unspecified atom stereocenters. The quantitative estimate of drug-likeness (QED) is 0.639. The number of piperazine rings is 1. The molecule has 5 nitrogen and oxygen atoms in total. The number of likely N-dealkylation sites (tertiary alicyclic amines) is 1. The molecule has 3 rings (SSSR count). The van der Waals surface area contributed by atoms with E-state index in [1.165, 1.54) is 55.7 Å². The van der Waals surface area contributed by atoms with Gasteiger partial charge in [0.25, 0.3) is 0 Å². The smallest absolute Gasteiger partial charge is 0.123 e. The predicted molar refractivity (Wildman–Crippen MR) is 120 cm³/mol. The maximum Gasteiger partial charge on any atom is 0.123 e. The average molecular weight is 389 g/mol. The van der Waals surface area contributed by atoms with Crippen LogP contribution in [-0.2, 0) is 0 Å². The summed E-state index contributed by atoms with van der Waals surface area (Å²) >= 11 is 0. The Hall–Kier alpha value is -1.46. The number of ether oxygens (including phenoxy) is 1. The van der Waals surface area contributed by atoms with Crippen molar-refractivity contribution in [3.8, 4) is 5.75 Å². The normalized spacial score (nSPS) is 18.1. The van der Waals surface area contributed by atoms with Crippen LogP contribution in [0.3, 0.4) is 0 Å². The largest absolute Gasteiger partial charge is 0.493 e. The topological polar surface area (TPSA) is 39.8 Å². The predicted octanol–water partition coefficient (Wildman–Crippen LogP) is 3.73. The highest BCUT2D eigenvalue weighted by atomic mass is 16.5. The minimum atomic E-state index is 0.635. The van der Waals surface area contributed by atoms with Crippen molar-refractivity contribution in [2.24, 2.45) is 5.92 Å². The van der Waals surface area contributed by atoms with E-state index in [0.717, 1.165) is 51.6 Å². The molecule has 0 saturated carbocycles. The van der Waals surface area contributed by atoms with Crippen LogP contribution < -0.4 is 20.3 Å². The van der Waals surface area contributed by atoms with Crippen molar-refractivity contribution in [2.45, 2.75) is 46.5 Å². The molecular formula is C23H40N4O. The first-order valence-electron chi connectivity index (χ1n) is 11.4. The van der Waals surface area contributed by atoms with Gasteiger partial charge in [-0.15, -0.1) is 0 Å². The van der Waals surface area contributed by atoms with Gasteiger partial charge in [-0.2, -0.15) is 0 Å². The van der Waals surface area contributed by atoms with Crippen molar-refractivity contribution in [1.29, 1.82) is 0 Å². The molecule has 0 bridgehead atoms. The summed E-state index contributed by atoms with van der Waals surface area (Å²) < 4.78 is 6.26. The Balaban J connectivity index is 1.72. The third kappa shape index (κ3) is 5.77. The Morgan fingerprint density at radius 3 is 2.46 bits per heavy atom. The zero-order valence-electron chi connectivity index (χ0n) is 18.2. The fourth-order valence-corrected chi connectivity index (χ4v) is 4.27. The lowest BCUT2D eigenvalue weighted by Gasteiger charge is -2.32. The summed E-state index contributed by atoms with van der Waals surface area (Å²) in [5.74, 6) is 1.64. The van der Waals surface area contributed by atoms with Gasteiger partial charge in [-0.05, 0) is 44.3 Å². The van der Waals surface area contributed by atoms with Crippen molar-refractivity contribution < 1.29 is 4.74 Å². The van der Waals surface area contributed by atoms with Crippen molar-refractivity contribution in [3.63, 3.8) is 0 Å². The molecule has 0 radical (unpaired) electrons. The number of nitrogens with zero attached hydrogens (tertiary/aromatic N) is 2. The third-order valence-corrected chi connectivity index (χ3v) is 6.39. The summed E-state index contributed by atoms with van der Waals surface area (Å²) in [6.07, 6.45) is 5.05. The molecule has 0 aliphatic carbocycles. The van der Waals surface area contributed by atoms with Crippen molar-refractivity contribution >= 4 is 11.4 Å². The number of hydrogen-bond acceptors (Lipinski definition) is 5. The van der Waals surface area contributed by atoms with Gasteiger partial charge in [0, 0.05) is 62.8 Å². The highest BCUT2D eigenvalue weighted by Gasteiger charge is 2.17. The first-order valence-corrected chi connectivity index (χ1v) is 11.4. The third-order valence-electron chi connectivity index (χ3n) is 6.39. The van der Waals surface area contributed by atoms with Gasteiger partial charge in [-0.1, -0.05) is 26.7 Å². The zero-order chi connectivity index (χ0) is 19.8. The van der Waals surface area contributed by atoms with Crippen molar-refractivity contribution in [3.05, 3.63) is 17.7 Å². The maximum absolute atomic E-state index is 6.26. The fourth-order valence-electron chi connectivity index (χ4n) is 4.27. The number of rotatable bonds is 10. The van der Waals surface area contributed by atoms with E-state index in [0.29, 0.717) is 5.92 Å². The standard InChI is InChI=1S/C23H40N4O/c1-4-20(5-2)18-28-21-16-22(25-10-13-26-11-6-7-12-26)19(3)23(17-21)27-14-8-24-9-15-27/h16-17,20,24-25H,4-15,18H2,1-3H3. The summed E-state index contributed by atoms with van der Waals surface area (Å²) in [4.78, 5) is 5.06. The Morgan fingerprint density at radius 2 is 1.79 bits per heavy atom. The number of anilines is 2. The number of hydrogen-bond donors (Lipinski definition) is 2. The van der Waals surface area contributed by atoms with Crippen LogP contribution in [0.4, 0.5) is 11.4 Å². The molecule has 0 amide bonds. The molecule has 28 heavy (non-hydrogen) atoms. The van der Waals surface area contributed by atoms with Gasteiger partial charge < -0.3 is 25.2 Å². The van der Waals surface area contributed by atoms with Gasteiger partial charge >= 0.3 is 0 Å². The van der Waals surface area contributed by atoms with Crippen molar-refractivity contribution in [1.82, 2.24) is 10.2 Å². The van der Waals surface area contributed by atoms with Crippen LogP contribution in [0.25, 0.3) is 0 Å². The van der Waals surface area contributed by atoms with Gasteiger partial charge in [0.2, 0.25) is 0 Å². The lowest BCUT2D eigenvalue weighted by atomic mass is 10.1. The molecule has 2 N–H and O–H groups in total. The van der Waals surface area contributed by atoms with Crippen LogP contribution in [0.1, 0.15) is 45.1 Å². The minimum absolute atomic E-state index is 0.635. The van der Waals surface area contributed by atoms with Crippen LogP contribution in [0.2, 0.25) is 0 Å². The van der Waals surface area contributed by atoms with E-state index in [2.05, 4.69) is 53.3 Å². The Bertz CT molecular complexity index is 591. The Kier molecular flexibility index (Phi) is 8.28. The van der Waals surface area contributed by atoms with E-state index in [9.17, 15) is 0 Å². The molecule has 0 atom stereocenters. The summed E-state index contributed by atoms with van der Waals surface area (Å²) in [5.41, 5.74) is 3.90. The molecule has 0 spiro atoms. The SMILES string of the molecule is CCC(CC)COc1cc(NCCN2CCCC2)c(C)c(N2CCNCC2)c1. The molecular weight excluding hydrogens is 348 g/mol. The molecule has 0 aromatic heterocycles. The monoisotopic (exact) mass is 388 g/mol. The number of benzene rings is 1. The first-order chi connectivity index (χ1) is 13.7. The van der Waals surface area contributed by atoms with Gasteiger partial charge in [0.05, 0.1) is 6.61 Å². The van der Waals surface area contributed by atoms with Crippen molar-refractivity contribution in [2.75, 3.05) is 69.2 Å². The van der Waals surface area contributed by atoms with E-state index >= 15 is 0 Å². The van der Waals surface area contributed by atoms with Crippen LogP contribution in [0, 0.1) is 12.8 Å². The molecule has 2 aliphatic heterocycles. The number of nitrogens with one attached hydrogen (secondary N) is 2. The van der Waals surface area contributed by atoms with Gasteiger partial charge in [0.15, 0.2) is 0 Å². The van der Waals surface area contributed by atoms with Crippen LogP contribution >= 0.6 is 0 Å². The van der Waals surface area contributed by atoms with E-state index in [-0.39, 0.29) is 0 Å². The molecule has 1 aromatic carbocycles. The first kappa shape index (κ1) is 21.3. The van der Waals surface area contributed by atoms with Crippen LogP contribution in [-0.4, -0.2) is 63.9 Å². The summed E-state index contributed by atoms with van der Waals surface area (Å²) in [6.45, 7) is 16.4. The summed E-state index contributed by atoms with van der Waals surface area (Å²) in [5, 5.41) is 7.17. The van der Waals surface area contributed by atoms with E-state index < -0.39 is 0 Å². The van der Waals surface area contributed by atoms with E-state index in [4.69, 9.17) is 4.74 Å². The van der Waals surface area contributed by atoms with Gasteiger partial charge in [-0.3, -0.25) is 0 Å². The molecule has 158 valence electrons. The van der Waals surface area contributed by atoms with E-state index in [1.54, 1.807) is 0 Å². The minimum Gasteiger partial charge on any atom is -0.493 e. The second-order valence-electron chi connectivity index (χ2n) is 8.32. The highest BCUT2D eigenvalue weighted by molar-refractivity contribution is 5.69. The fraction of sp³-hybridized carbons (Fsp3) is 0.739. The van der Waals surface area contributed by atoms with E-state index in [1.807, 2.05) is 0 Å². The molecule has 2 aliphatic rings. The Labute approximate surface area is 171 Å². The molecule has 1 aromatic rings. The van der Waals surface area contributed by atoms with Crippen LogP contribution in [0.15, 0.2) is 12.1 Å². The van der Waals surface area contributed by atoms with Gasteiger partial charge in [-0.25, -0.2) is 0 Å². The average Bonchev–Trinajstić information content (AvgIpc) is 3.25. The highest BCUT2D eigenvalue weighted by Crippen LogP contribution is 2.33. The molecule has 5 heteroatoms. The Morgan fingerprint density at radius 1 is 1.07 bits per heavy atom. The second kappa shape index (κ2) is 10.9. The zero-order valence-corrected chi connectivity index (χ0v) is 18.2. The summed E-state index contributed by atoms with van der Waals surface area (Å²) in [7, 11) is 0. The maximum atomic E-state index is 6.26. The lowest BCUT2D eigenvalue weighted by Crippen LogP contribution is -2.43. The lowest BCUT2D eigenvalue weighted by molar-refractivity contribution is 0.240. The molecule has 2 heterocycles. The second-order valence-corrected chi connectivity index (χ2v) is 8.32. The molecule has 2 fully saturated rings.